The van der Waals surface area contributed by atoms with Gasteiger partial charge < -0.3 is 14.8 Å². The minimum Gasteiger partial charge on any atom is -0.475 e. The Morgan fingerprint density at radius 1 is 1.17 bits per heavy atom. The van der Waals surface area contributed by atoms with E-state index in [0.717, 1.165) is 12.0 Å². The molecule has 0 aliphatic rings. The molecule has 1 aromatic carbocycles. The molecule has 2 aromatic rings. The zero-order valence-corrected chi connectivity index (χ0v) is 13.3. The first-order chi connectivity index (χ1) is 11.0. The van der Waals surface area contributed by atoms with Crippen molar-refractivity contribution in [1.29, 1.82) is 0 Å². The van der Waals surface area contributed by atoms with Gasteiger partial charge in [-0.25, -0.2) is 4.79 Å². The molecule has 2 rings (SSSR count). The largest absolute Gasteiger partial charge is 0.475 e. The van der Waals surface area contributed by atoms with Gasteiger partial charge in [-0.2, -0.15) is 0 Å². The summed E-state index contributed by atoms with van der Waals surface area (Å²) in [5, 5.41) is 11.6. The lowest BCUT2D eigenvalue weighted by molar-refractivity contribution is -0.121. The normalized spacial score (nSPS) is 11.9. The van der Waals surface area contributed by atoms with Crippen LogP contribution >= 0.6 is 0 Å². The number of aryl methyl sites for hydroxylation is 1. The van der Waals surface area contributed by atoms with E-state index in [-0.39, 0.29) is 24.1 Å². The first kappa shape index (κ1) is 16.8. The summed E-state index contributed by atoms with van der Waals surface area (Å²) in [6, 6.07) is 11.1. The van der Waals surface area contributed by atoms with Gasteiger partial charge in [0, 0.05) is 6.42 Å². The molecule has 1 amide bonds. The second-order valence-corrected chi connectivity index (χ2v) is 5.57. The number of furan rings is 1. The zero-order valence-electron chi connectivity index (χ0n) is 13.3. The Bertz CT molecular complexity index is 673. The van der Waals surface area contributed by atoms with E-state index < -0.39 is 5.97 Å². The van der Waals surface area contributed by atoms with Gasteiger partial charge in [-0.15, -0.1) is 0 Å². The summed E-state index contributed by atoms with van der Waals surface area (Å²) in [6.07, 6.45) is 1.27. The molecule has 122 valence electrons. The highest BCUT2D eigenvalue weighted by Crippen LogP contribution is 2.23. The molecule has 1 unspecified atom stereocenters. The van der Waals surface area contributed by atoms with Gasteiger partial charge in [0.1, 0.15) is 5.76 Å². The summed E-state index contributed by atoms with van der Waals surface area (Å²) in [5.74, 6) is -0.722. The molecule has 0 bridgehead atoms. The van der Waals surface area contributed by atoms with Gasteiger partial charge in [0.05, 0.1) is 6.54 Å². The number of carbonyl (C=O) groups excluding carboxylic acids is 1. The first-order valence-electron chi connectivity index (χ1n) is 7.65. The molecule has 5 heteroatoms. The standard InChI is InChI=1S/C18H21NO4/c1-3-13(14-6-4-12(2)5-7-14)10-17(20)19-11-15-8-9-16(23-15)18(21)22/h4-9,13H,3,10-11H2,1-2H3,(H,19,20)(H,21,22). The van der Waals surface area contributed by atoms with Crippen LogP contribution < -0.4 is 5.32 Å². The van der Waals surface area contributed by atoms with Crippen LogP contribution in [0.5, 0.6) is 0 Å². The first-order valence-corrected chi connectivity index (χ1v) is 7.65. The van der Waals surface area contributed by atoms with Crippen molar-refractivity contribution in [3.8, 4) is 0 Å². The minimum atomic E-state index is -1.12. The van der Waals surface area contributed by atoms with Crippen molar-refractivity contribution in [2.75, 3.05) is 0 Å². The Labute approximate surface area is 135 Å². The number of amides is 1. The van der Waals surface area contributed by atoms with Crippen molar-refractivity contribution in [2.24, 2.45) is 0 Å². The fraction of sp³-hybridized carbons (Fsp3) is 0.333. The maximum atomic E-state index is 12.1. The van der Waals surface area contributed by atoms with Gasteiger partial charge in [0.15, 0.2) is 0 Å². The molecule has 0 spiro atoms. The van der Waals surface area contributed by atoms with Crippen LogP contribution in [0.25, 0.3) is 0 Å². The SMILES string of the molecule is CCC(CC(=O)NCc1ccc(C(=O)O)o1)c1ccc(C)cc1. The number of rotatable bonds is 7. The number of carboxylic acids is 1. The lowest BCUT2D eigenvalue weighted by Crippen LogP contribution is -2.24. The topological polar surface area (TPSA) is 79.5 Å². The number of carboxylic acid groups (broad SMARTS) is 1. The number of carbonyl (C=O) groups is 2. The summed E-state index contributed by atoms with van der Waals surface area (Å²) in [4.78, 5) is 22.8. The van der Waals surface area contributed by atoms with Crippen molar-refractivity contribution < 1.29 is 19.1 Å². The molecule has 0 aliphatic heterocycles. The maximum Gasteiger partial charge on any atom is 0.371 e. The molecule has 1 atom stereocenters. The van der Waals surface area contributed by atoms with Crippen LogP contribution in [0.3, 0.4) is 0 Å². The lowest BCUT2D eigenvalue weighted by Gasteiger charge is -2.15. The molecule has 0 radical (unpaired) electrons. The predicted molar refractivity (Wildman–Crippen MR) is 86.3 cm³/mol. The lowest BCUT2D eigenvalue weighted by atomic mass is 9.92. The summed E-state index contributed by atoms with van der Waals surface area (Å²) in [5.41, 5.74) is 2.35. The summed E-state index contributed by atoms with van der Waals surface area (Å²) in [7, 11) is 0. The third kappa shape index (κ3) is 4.71. The van der Waals surface area contributed by atoms with E-state index in [1.165, 1.54) is 11.6 Å². The fourth-order valence-corrected chi connectivity index (χ4v) is 2.41. The highest BCUT2D eigenvalue weighted by Gasteiger charge is 2.15. The molecule has 0 aliphatic carbocycles. The zero-order chi connectivity index (χ0) is 16.8. The quantitative estimate of drug-likeness (QED) is 0.819. The van der Waals surface area contributed by atoms with Crippen LogP contribution in [0.4, 0.5) is 0 Å². The molecular formula is C18H21NO4. The van der Waals surface area contributed by atoms with Crippen molar-refractivity contribution in [2.45, 2.75) is 39.2 Å². The predicted octanol–water partition coefficient (Wildman–Crippen LogP) is 3.49. The molecule has 1 heterocycles. The second-order valence-electron chi connectivity index (χ2n) is 5.57. The fourth-order valence-electron chi connectivity index (χ4n) is 2.41. The average Bonchev–Trinajstić information content (AvgIpc) is 3.01. The van der Waals surface area contributed by atoms with Gasteiger partial charge in [-0.05, 0) is 37.0 Å². The Morgan fingerprint density at radius 3 is 2.43 bits per heavy atom. The highest BCUT2D eigenvalue weighted by molar-refractivity contribution is 5.84. The molecule has 0 fully saturated rings. The van der Waals surface area contributed by atoms with Gasteiger partial charge in [0.25, 0.3) is 0 Å². The van der Waals surface area contributed by atoms with E-state index in [9.17, 15) is 9.59 Å². The van der Waals surface area contributed by atoms with Crippen LogP contribution in [0, 0.1) is 6.92 Å². The second kappa shape index (κ2) is 7.63. The maximum absolute atomic E-state index is 12.1. The van der Waals surface area contributed by atoms with Gasteiger partial charge >= 0.3 is 5.97 Å². The highest BCUT2D eigenvalue weighted by atomic mass is 16.4. The van der Waals surface area contributed by atoms with E-state index in [1.54, 1.807) is 6.07 Å². The molecule has 0 saturated heterocycles. The van der Waals surface area contributed by atoms with E-state index >= 15 is 0 Å². The molecular weight excluding hydrogens is 294 g/mol. The summed E-state index contributed by atoms with van der Waals surface area (Å²) < 4.78 is 5.11. The van der Waals surface area contributed by atoms with Gasteiger partial charge in [0.2, 0.25) is 11.7 Å². The van der Waals surface area contributed by atoms with E-state index in [0.29, 0.717) is 12.2 Å². The van der Waals surface area contributed by atoms with Crippen LogP contribution in [0.1, 0.15) is 53.1 Å². The van der Waals surface area contributed by atoms with Gasteiger partial charge in [-0.1, -0.05) is 36.8 Å². The van der Waals surface area contributed by atoms with Crippen LogP contribution in [-0.4, -0.2) is 17.0 Å². The molecule has 1 aromatic heterocycles. The summed E-state index contributed by atoms with van der Waals surface area (Å²) >= 11 is 0. The molecule has 5 nitrogen and oxygen atoms in total. The number of hydrogen-bond acceptors (Lipinski definition) is 3. The number of aromatic carboxylic acids is 1. The number of benzene rings is 1. The molecule has 2 N–H and O–H groups in total. The van der Waals surface area contributed by atoms with E-state index in [2.05, 4.69) is 24.4 Å². The van der Waals surface area contributed by atoms with Crippen LogP contribution in [0.15, 0.2) is 40.8 Å². The molecule has 0 saturated carbocycles. The average molecular weight is 315 g/mol. The van der Waals surface area contributed by atoms with Crippen LogP contribution in [-0.2, 0) is 11.3 Å². The number of nitrogens with one attached hydrogen (secondary N) is 1. The minimum absolute atomic E-state index is 0.0781. The number of hydrogen-bond donors (Lipinski definition) is 2. The van der Waals surface area contributed by atoms with Crippen molar-refractivity contribution in [1.82, 2.24) is 5.32 Å². The smallest absolute Gasteiger partial charge is 0.371 e. The third-order valence-electron chi connectivity index (χ3n) is 3.81. The van der Waals surface area contributed by atoms with E-state index in [4.69, 9.17) is 9.52 Å². The monoisotopic (exact) mass is 315 g/mol. The van der Waals surface area contributed by atoms with Crippen molar-refractivity contribution in [3.63, 3.8) is 0 Å². The Morgan fingerprint density at radius 2 is 1.87 bits per heavy atom. The third-order valence-corrected chi connectivity index (χ3v) is 3.81. The van der Waals surface area contributed by atoms with Crippen molar-refractivity contribution >= 4 is 11.9 Å². The Hall–Kier alpha value is -2.56. The van der Waals surface area contributed by atoms with E-state index in [1.807, 2.05) is 19.1 Å². The van der Waals surface area contributed by atoms with Gasteiger partial charge in [-0.3, -0.25) is 4.79 Å². The summed E-state index contributed by atoms with van der Waals surface area (Å²) in [6.45, 7) is 4.28. The molecule has 23 heavy (non-hydrogen) atoms. The van der Waals surface area contributed by atoms with Crippen molar-refractivity contribution in [3.05, 3.63) is 59.0 Å². The Balaban J connectivity index is 1.89. The Kier molecular flexibility index (Phi) is 5.57. The van der Waals surface area contributed by atoms with Crippen LogP contribution in [0.2, 0.25) is 0 Å².